The second-order valence-electron chi connectivity index (χ2n) is 5.51. The highest BCUT2D eigenvalue weighted by Gasteiger charge is 2.12. The summed E-state index contributed by atoms with van der Waals surface area (Å²) in [7, 11) is -1.02. The van der Waals surface area contributed by atoms with Gasteiger partial charge in [-0.1, -0.05) is 18.2 Å². The van der Waals surface area contributed by atoms with Gasteiger partial charge in [0.25, 0.3) is 5.91 Å². The largest absolute Gasteiger partial charge is 0.452 e. The maximum absolute atomic E-state index is 13.4. The average Bonchev–Trinajstić information content (AvgIpc) is 2.55. The molecule has 0 aliphatic heterocycles. The summed E-state index contributed by atoms with van der Waals surface area (Å²) in [6.45, 7) is 1.13. The number of carbonyl (C=O) groups is 2. The van der Waals surface area contributed by atoms with E-state index in [0.29, 0.717) is 11.3 Å². The number of halogens is 1. The Morgan fingerprint density at radius 2 is 1.96 bits per heavy atom. The summed E-state index contributed by atoms with van der Waals surface area (Å²) in [4.78, 5) is 23.8. The maximum Gasteiger partial charge on any atom is 0.338 e. The molecule has 0 radical (unpaired) electrons. The minimum Gasteiger partial charge on any atom is -0.452 e. The lowest BCUT2D eigenvalue weighted by atomic mass is 10.1. The third kappa shape index (κ3) is 5.79. The smallest absolute Gasteiger partial charge is 0.338 e. The van der Waals surface area contributed by atoms with E-state index in [1.807, 2.05) is 0 Å². The van der Waals surface area contributed by atoms with E-state index in [2.05, 4.69) is 5.32 Å². The highest BCUT2D eigenvalue weighted by atomic mass is 32.2. The van der Waals surface area contributed by atoms with Gasteiger partial charge in [-0.2, -0.15) is 0 Å². The van der Waals surface area contributed by atoms with Crippen LogP contribution in [0.2, 0.25) is 0 Å². The number of ether oxygens (including phenoxy) is 1. The second-order valence-corrected chi connectivity index (χ2v) is 6.94. The Bertz CT molecular complexity index is 822. The Morgan fingerprint density at radius 3 is 2.64 bits per heavy atom. The number of anilines is 1. The molecule has 2 aromatic carbocycles. The molecule has 1 amide bonds. The molecule has 25 heavy (non-hydrogen) atoms. The molecule has 0 saturated carbocycles. The van der Waals surface area contributed by atoms with E-state index in [4.69, 9.17) is 4.74 Å². The third-order valence-corrected chi connectivity index (χ3v) is 4.06. The summed E-state index contributed by atoms with van der Waals surface area (Å²) < 4.78 is 29.6. The van der Waals surface area contributed by atoms with Crippen molar-refractivity contribution < 1.29 is 22.9 Å². The molecule has 0 aliphatic carbocycles. The molecule has 0 fully saturated rings. The van der Waals surface area contributed by atoms with Crippen molar-refractivity contribution in [2.45, 2.75) is 12.7 Å². The summed E-state index contributed by atoms with van der Waals surface area (Å²) in [5, 5.41) is 2.46. The molecule has 0 aliphatic rings. The zero-order chi connectivity index (χ0) is 18.4. The first-order chi connectivity index (χ1) is 11.8. The molecular weight excluding hydrogens is 345 g/mol. The average molecular weight is 363 g/mol. The Kier molecular flexibility index (Phi) is 6.41. The van der Waals surface area contributed by atoms with Crippen LogP contribution in [0, 0.1) is 12.7 Å². The number of hydrogen-bond acceptors (Lipinski definition) is 4. The molecule has 0 bridgehead atoms. The number of benzene rings is 2. The standard InChI is InChI=1S/C18H18FNO4S/c1-12-6-7-15(9-16(12)19)20-17(21)10-24-18(22)14-5-3-4-13(8-14)11-25(2)23/h3-9H,10-11H2,1-2H3,(H,20,21). The fraction of sp³-hybridized carbons (Fsp3) is 0.222. The third-order valence-electron chi connectivity index (χ3n) is 3.32. The first kappa shape index (κ1) is 18.8. The molecule has 7 heteroatoms. The molecular formula is C18H18FNO4S. The van der Waals surface area contributed by atoms with Gasteiger partial charge in [0.2, 0.25) is 0 Å². The zero-order valence-corrected chi connectivity index (χ0v) is 14.7. The molecule has 132 valence electrons. The van der Waals surface area contributed by atoms with Crippen molar-refractivity contribution >= 4 is 28.4 Å². The Labute approximate surface area is 147 Å². The molecule has 0 aromatic heterocycles. The summed E-state index contributed by atoms with van der Waals surface area (Å²) >= 11 is 0. The first-order valence-electron chi connectivity index (χ1n) is 7.47. The number of esters is 1. The van der Waals surface area contributed by atoms with Gasteiger partial charge in [-0.05, 0) is 42.3 Å². The summed E-state index contributed by atoms with van der Waals surface area (Å²) in [6.07, 6.45) is 1.57. The Morgan fingerprint density at radius 1 is 1.20 bits per heavy atom. The van der Waals surface area contributed by atoms with Gasteiger partial charge in [-0.15, -0.1) is 0 Å². The van der Waals surface area contributed by atoms with Gasteiger partial charge in [0.15, 0.2) is 6.61 Å². The van der Waals surface area contributed by atoms with Crippen LogP contribution in [0.3, 0.4) is 0 Å². The number of amides is 1. The van der Waals surface area contributed by atoms with Crippen LogP contribution in [0.4, 0.5) is 10.1 Å². The van der Waals surface area contributed by atoms with Crippen molar-refractivity contribution in [3.8, 4) is 0 Å². The van der Waals surface area contributed by atoms with E-state index in [1.54, 1.807) is 49.6 Å². The van der Waals surface area contributed by atoms with Crippen molar-refractivity contribution in [3.05, 3.63) is 65.0 Å². The quantitative estimate of drug-likeness (QED) is 0.801. The van der Waals surface area contributed by atoms with Gasteiger partial charge in [0.1, 0.15) is 5.82 Å². The van der Waals surface area contributed by atoms with Crippen LogP contribution in [-0.4, -0.2) is 28.9 Å². The fourth-order valence-electron chi connectivity index (χ4n) is 2.10. The van der Waals surface area contributed by atoms with Crippen LogP contribution in [-0.2, 0) is 26.1 Å². The Hall–Kier alpha value is -2.54. The van der Waals surface area contributed by atoms with E-state index in [1.165, 1.54) is 6.07 Å². The van der Waals surface area contributed by atoms with E-state index in [0.717, 1.165) is 5.56 Å². The number of nitrogens with one attached hydrogen (secondary N) is 1. The lowest BCUT2D eigenvalue weighted by molar-refractivity contribution is -0.119. The molecule has 1 atom stereocenters. The molecule has 5 nitrogen and oxygen atoms in total. The predicted molar refractivity (Wildman–Crippen MR) is 94.3 cm³/mol. The monoisotopic (exact) mass is 363 g/mol. The van der Waals surface area contributed by atoms with E-state index in [-0.39, 0.29) is 11.3 Å². The number of carbonyl (C=O) groups excluding carboxylic acids is 2. The van der Waals surface area contributed by atoms with Gasteiger partial charge in [-0.3, -0.25) is 9.00 Å². The maximum atomic E-state index is 13.4. The van der Waals surface area contributed by atoms with Gasteiger partial charge >= 0.3 is 5.97 Å². The minimum absolute atomic E-state index is 0.275. The summed E-state index contributed by atoms with van der Waals surface area (Å²) in [5.41, 5.74) is 1.78. The normalized spacial score (nSPS) is 11.6. The molecule has 2 aromatic rings. The molecule has 1 N–H and O–H groups in total. The van der Waals surface area contributed by atoms with Crippen LogP contribution in [0.25, 0.3) is 0 Å². The van der Waals surface area contributed by atoms with E-state index >= 15 is 0 Å². The van der Waals surface area contributed by atoms with Crippen molar-refractivity contribution in [1.29, 1.82) is 0 Å². The van der Waals surface area contributed by atoms with Crippen LogP contribution in [0.5, 0.6) is 0 Å². The highest BCUT2D eigenvalue weighted by Crippen LogP contribution is 2.13. The van der Waals surface area contributed by atoms with Gasteiger partial charge in [-0.25, -0.2) is 9.18 Å². The molecule has 0 heterocycles. The SMILES string of the molecule is Cc1ccc(NC(=O)COC(=O)c2cccc(CS(C)=O)c2)cc1F. The zero-order valence-electron chi connectivity index (χ0n) is 13.9. The molecule has 1 unspecified atom stereocenters. The first-order valence-corrected chi connectivity index (χ1v) is 9.20. The van der Waals surface area contributed by atoms with Crippen molar-refractivity contribution in [2.24, 2.45) is 0 Å². The van der Waals surface area contributed by atoms with Crippen molar-refractivity contribution in [1.82, 2.24) is 0 Å². The van der Waals surface area contributed by atoms with Gasteiger partial charge in [0, 0.05) is 28.5 Å². The minimum atomic E-state index is -1.02. The van der Waals surface area contributed by atoms with Crippen LogP contribution >= 0.6 is 0 Å². The fourth-order valence-corrected chi connectivity index (χ4v) is 2.75. The predicted octanol–water partition coefficient (Wildman–Crippen LogP) is 2.81. The lowest BCUT2D eigenvalue weighted by Crippen LogP contribution is -2.21. The lowest BCUT2D eigenvalue weighted by Gasteiger charge is -2.08. The number of rotatable bonds is 6. The topological polar surface area (TPSA) is 72.5 Å². The number of hydrogen-bond donors (Lipinski definition) is 1. The van der Waals surface area contributed by atoms with Crippen molar-refractivity contribution in [2.75, 3.05) is 18.2 Å². The van der Waals surface area contributed by atoms with Crippen LogP contribution < -0.4 is 5.32 Å². The highest BCUT2D eigenvalue weighted by molar-refractivity contribution is 7.83. The van der Waals surface area contributed by atoms with Gasteiger partial charge < -0.3 is 10.1 Å². The second kappa shape index (κ2) is 8.53. The summed E-state index contributed by atoms with van der Waals surface area (Å²) in [6, 6.07) is 10.9. The molecule has 0 spiro atoms. The molecule has 0 saturated heterocycles. The van der Waals surface area contributed by atoms with Crippen LogP contribution in [0.15, 0.2) is 42.5 Å². The molecule has 2 rings (SSSR count). The van der Waals surface area contributed by atoms with E-state index < -0.39 is 35.1 Å². The van der Waals surface area contributed by atoms with Gasteiger partial charge in [0.05, 0.1) is 5.56 Å². The van der Waals surface area contributed by atoms with Crippen molar-refractivity contribution in [3.63, 3.8) is 0 Å². The Balaban J connectivity index is 1.91. The summed E-state index contributed by atoms with van der Waals surface area (Å²) in [5.74, 6) is -1.32. The van der Waals surface area contributed by atoms with E-state index in [9.17, 15) is 18.2 Å². The number of aryl methyl sites for hydroxylation is 1. The van der Waals surface area contributed by atoms with Crippen LogP contribution in [0.1, 0.15) is 21.5 Å².